The first-order valence-electron chi connectivity index (χ1n) is 20.0. The molecule has 0 aromatic heterocycles. The normalized spacial score (nSPS) is 48.5. The number of fused-ring (bicyclic) bond motifs is 5. The Morgan fingerprint density at radius 2 is 1.57 bits per heavy atom. The number of cyclic esters (lactones) is 1. The Hall–Kier alpha value is -1.49. The van der Waals surface area contributed by atoms with E-state index in [9.17, 15) is 40.5 Å². The summed E-state index contributed by atoms with van der Waals surface area (Å²) in [5.41, 5.74) is 2.23. The Morgan fingerprint density at radius 1 is 0.889 bits per heavy atom. The Labute approximate surface area is 319 Å². The summed E-state index contributed by atoms with van der Waals surface area (Å²) < 4.78 is 29.5. The smallest absolute Gasteiger partial charge is 0.336 e. The van der Waals surface area contributed by atoms with Gasteiger partial charge in [0.25, 0.3) is 0 Å². The Morgan fingerprint density at radius 3 is 2.26 bits per heavy atom. The first-order valence-corrected chi connectivity index (χ1v) is 20.0. The van der Waals surface area contributed by atoms with Gasteiger partial charge < -0.3 is 59.4 Å². The van der Waals surface area contributed by atoms with Crippen molar-refractivity contribution in [3.8, 4) is 0 Å². The SMILES string of the molecule is C.CC1=C(CO)C(=O)O[C@@H]([C@@H](C)[C@H]2CCC3[C@@H]4CC=C5C[C@@H](OC6OC(COC7OC(CO)[C@@H](O)C[C@@H]7O)[C@@H](O)C[C@@H]6O)C[C@H](O)[C@]5(C)[C@H]4CC[C@@]32C)C1. The highest BCUT2D eigenvalue weighted by Crippen LogP contribution is 2.67. The van der Waals surface area contributed by atoms with Crippen LogP contribution in [0, 0.1) is 40.4 Å². The fourth-order valence-corrected chi connectivity index (χ4v) is 12.0. The number of allylic oxidation sites excluding steroid dienone is 1. The van der Waals surface area contributed by atoms with E-state index in [4.69, 9.17) is 23.7 Å². The second-order valence-corrected chi connectivity index (χ2v) is 17.8. The van der Waals surface area contributed by atoms with E-state index in [1.54, 1.807) is 0 Å². The molecule has 0 bridgehead atoms. The molecule has 5 unspecified atom stereocenters. The molecule has 0 aromatic rings. The van der Waals surface area contributed by atoms with Crippen molar-refractivity contribution in [3.05, 3.63) is 22.8 Å². The topological polar surface area (TPSA) is 205 Å². The standard InChI is InChI=1S/C40H62O13.CH4/c1-19-11-32(51-36(48)24(19)16-41)20(2)25-7-8-26-23-6-5-21-12-22(13-35(47)40(21,4)27(23)9-10-39(25,26)3)50-38-31(46)15-29(44)34(53-38)18-49-37-30(45)14-28(43)33(17-42)52-37;/h5,20,22-23,25-35,37-38,41-47H,6-18H2,1-4H3;1H4/t20-,22+,23-,25+,26?,27-,28-,29-,30-,31-,32+,33?,34?,35-,37?,38?,39+,40-;/m0./s1. The molecule has 3 saturated carbocycles. The van der Waals surface area contributed by atoms with Gasteiger partial charge in [0.1, 0.15) is 30.5 Å². The number of rotatable bonds is 9. The average Bonchev–Trinajstić information content (AvgIpc) is 3.47. The van der Waals surface area contributed by atoms with Crippen LogP contribution in [0.4, 0.5) is 0 Å². The van der Waals surface area contributed by atoms with Gasteiger partial charge in [-0.2, -0.15) is 0 Å². The van der Waals surface area contributed by atoms with Crippen molar-refractivity contribution in [1.82, 2.24) is 0 Å². The molecular formula is C41H66O13. The lowest BCUT2D eigenvalue weighted by Crippen LogP contribution is -2.57. The zero-order valence-electron chi connectivity index (χ0n) is 31.6. The van der Waals surface area contributed by atoms with Gasteiger partial charge in [-0.25, -0.2) is 4.79 Å². The maximum Gasteiger partial charge on any atom is 0.336 e. The third kappa shape index (κ3) is 7.38. The maximum absolute atomic E-state index is 12.7. The molecule has 3 heterocycles. The van der Waals surface area contributed by atoms with Crippen LogP contribution in [0.3, 0.4) is 0 Å². The number of carbonyl (C=O) groups excluding carboxylic acids is 1. The fraction of sp³-hybridized carbons (Fsp3) is 0.878. The summed E-state index contributed by atoms with van der Waals surface area (Å²) in [6.07, 6.45) is -0.338. The molecule has 4 aliphatic carbocycles. The zero-order chi connectivity index (χ0) is 38.0. The van der Waals surface area contributed by atoms with E-state index in [2.05, 4.69) is 26.8 Å². The van der Waals surface area contributed by atoms with Gasteiger partial charge in [0.2, 0.25) is 0 Å². The first-order chi connectivity index (χ1) is 25.2. The summed E-state index contributed by atoms with van der Waals surface area (Å²) in [5.74, 6) is 1.51. The lowest BCUT2D eigenvalue weighted by Gasteiger charge is -2.60. The molecule has 308 valence electrons. The number of ether oxygens (including phenoxy) is 5. The second kappa shape index (κ2) is 16.4. The van der Waals surface area contributed by atoms with E-state index in [1.165, 1.54) is 5.57 Å². The summed E-state index contributed by atoms with van der Waals surface area (Å²) in [7, 11) is 0. The third-order valence-corrected chi connectivity index (χ3v) is 15.1. The van der Waals surface area contributed by atoms with Crippen LogP contribution in [0.5, 0.6) is 0 Å². The largest absolute Gasteiger partial charge is 0.458 e. The summed E-state index contributed by atoms with van der Waals surface area (Å²) >= 11 is 0. The zero-order valence-corrected chi connectivity index (χ0v) is 31.6. The molecule has 54 heavy (non-hydrogen) atoms. The first kappa shape index (κ1) is 42.1. The van der Waals surface area contributed by atoms with Crippen molar-refractivity contribution in [1.29, 1.82) is 0 Å². The average molecular weight is 767 g/mol. The highest BCUT2D eigenvalue weighted by atomic mass is 16.7. The number of aliphatic hydroxyl groups is 7. The van der Waals surface area contributed by atoms with Crippen LogP contribution in [0.1, 0.15) is 99.3 Å². The third-order valence-electron chi connectivity index (χ3n) is 15.1. The summed E-state index contributed by atoms with van der Waals surface area (Å²) in [5, 5.41) is 73.0. The molecule has 7 aliphatic rings. The molecule has 2 saturated heterocycles. The lowest BCUT2D eigenvalue weighted by molar-refractivity contribution is -0.312. The van der Waals surface area contributed by atoms with E-state index in [0.29, 0.717) is 48.5 Å². The minimum atomic E-state index is -1.13. The van der Waals surface area contributed by atoms with Gasteiger partial charge in [0.15, 0.2) is 12.6 Å². The van der Waals surface area contributed by atoms with Crippen molar-refractivity contribution < 1.29 is 64.2 Å². The van der Waals surface area contributed by atoms with Gasteiger partial charge in [-0.1, -0.05) is 45.4 Å². The van der Waals surface area contributed by atoms with Crippen molar-refractivity contribution in [2.24, 2.45) is 40.4 Å². The molecule has 0 spiro atoms. The number of hydrogen-bond acceptors (Lipinski definition) is 13. The minimum Gasteiger partial charge on any atom is -0.458 e. The van der Waals surface area contributed by atoms with Crippen LogP contribution in [0.15, 0.2) is 22.8 Å². The van der Waals surface area contributed by atoms with Crippen LogP contribution < -0.4 is 0 Å². The highest BCUT2D eigenvalue weighted by molar-refractivity contribution is 5.90. The van der Waals surface area contributed by atoms with Crippen LogP contribution in [-0.2, 0) is 28.5 Å². The lowest BCUT2D eigenvalue weighted by atomic mass is 9.46. The number of esters is 1. The van der Waals surface area contributed by atoms with Crippen LogP contribution in [0.2, 0.25) is 0 Å². The number of carbonyl (C=O) groups is 1. The second-order valence-electron chi connectivity index (χ2n) is 17.8. The van der Waals surface area contributed by atoms with E-state index in [0.717, 1.165) is 37.7 Å². The molecule has 0 aromatic carbocycles. The van der Waals surface area contributed by atoms with E-state index >= 15 is 0 Å². The molecule has 18 atom stereocenters. The van der Waals surface area contributed by atoms with Gasteiger partial charge in [-0.3, -0.25) is 0 Å². The van der Waals surface area contributed by atoms with Crippen molar-refractivity contribution in [2.75, 3.05) is 19.8 Å². The predicted molar refractivity (Wildman–Crippen MR) is 195 cm³/mol. The summed E-state index contributed by atoms with van der Waals surface area (Å²) in [6.45, 7) is 7.95. The monoisotopic (exact) mass is 766 g/mol. The summed E-state index contributed by atoms with van der Waals surface area (Å²) in [4.78, 5) is 12.7. The van der Waals surface area contributed by atoms with Gasteiger partial charge in [-0.15, -0.1) is 0 Å². The molecular weight excluding hydrogens is 700 g/mol. The van der Waals surface area contributed by atoms with E-state index < -0.39 is 73.4 Å². The van der Waals surface area contributed by atoms with Crippen LogP contribution >= 0.6 is 0 Å². The van der Waals surface area contributed by atoms with Gasteiger partial charge in [-0.05, 0) is 80.5 Å². The summed E-state index contributed by atoms with van der Waals surface area (Å²) in [6, 6.07) is 0. The Balaban J connectivity index is 0.00000497. The van der Waals surface area contributed by atoms with Gasteiger partial charge in [0, 0.05) is 31.1 Å². The molecule has 13 heteroatoms. The van der Waals surface area contributed by atoms with Gasteiger partial charge >= 0.3 is 5.97 Å². The maximum atomic E-state index is 12.7. The Kier molecular flexibility index (Phi) is 12.8. The molecule has 0 amide bonds. The minimum absolute atomic E-state index is 0. The van der Waals surface area contributed by atoms with Crippen molar-refractivity contribution >= 4 is 5.97 Å². The molecule has 7 rings (SSSR count). The van der Waals surface area contributed by atoms with Crippen molar-refractivity contribution in [3.63, 3.8) is 0 Å². The molecule has 13 nitrogen and oxygen atoms in total. The molecule has 3 aliphatic heterocycles. The molecule has 0 radical (unpaired) electrons. The van der Waals surface area contributed by atoms with E-state index in [1.807, 2.05) is 6.92 Å². The molecule has 5 fully saturated rings. The number of aliphatic hydroxyl groups excluding tert-OH is 7. The fourth-order valence-electron chi connectivity index (χ4n) is 12.0. The number of hydrogen-bond donors (Lipinski definition) is 7. The molecule has 7 N–H and O–H groups in total. The van der Waals surface area contributed by atoms with Crippen molar-refractivity contribution in [2.45, 2.75) is 167 Å². The quantitative estimate of drug-likeness (QED) is 0.133. The van der Waals surface area contributed by atoms with Gasteiger partial charge in [0.05, 0.1) is 49.8 Å². The Bertz CT molecular complexity index is 1400. The highest BCUT2D eigenvalue weighted by Gasteiger charge is 2.62. The predicted octanol–water partition coefficient (Wildman–Crippen LogP) is 2.50. The van der Waals surface area contributed by atoms with Crippen LogP contribution in [0.25, 0.3) is 0 Å². The van der Waals surface area contributed by atoms with E-state index in [-0.39, 0.29) is 56.9 Å². The van der Waals surface area contributed by atoms with Crippen LogP contribution in [-0.4, -0.2) is 129 Å².